The highest BCUT2D eigenvalue weighted by atomic mass is 15.0. The summed E-state index contributed by atoms with van der Waals surface area (Å²) in [5.74, 6) is 0.861. The molecule has 1 saturated carbocycles. The number of hydrogen-bond donors (Lipinski definition) is 2. The van der Waals surface area contributed by atoms with Crippen molar-refractivity contribution in [1.29, 1.82) is 0 Å². The van der Waals surface area contributed by atoms with E-state index in [2.05, 4.69) is 44.3 Å². The molecule has 2 rings (SSSR count). The fourth-order valence-corrected chi connectivity index (χ4v) is 3.15. The van der Waals surface area contributed by atoms with Crippen molar-refractivity contribution in [1.82, 2.24) is 5.32 Å². The second kappa shape index (κ2) is 5.85. The third-order valence-electron chi connectivity index (χ3n) is 4.01. The number of benzene rings is 1. The molecule has 3 unspecified atom stereocenters. The zero-order chi connectivity index (χ0) is 13.1. The molecule has 0 spiro atoms. The maximum Gasteiger partial charge on any atom is 0.0446 e. The van der Waals surface area contributed by atoms with Gasteiger partial charge in [-0.1, -0.05) is 36.2 Å². The van der Waals surface area contributed by atoms with Crippen LogP contribution in [0.2, 0.25) is 0 Å². The van der Waals surface area contributed by atoms with Crippen LogP contribution in [0.3, 0.4) is 0 Å². The molecule has 0 radical (unpaired) electrons. The van der Waals surface area contributed by atoms with Crippen LogP contribution in [-0.4, -0.2) is 12.6 Å². The molecular weight excluding hydrogens is 220 g/mol. The van der Waals surface area contributed by atoms with Crippen molar-refractivity contribution >= 4 is 0 Å². The van der Waals surface area contributed by atoms with E-state index in [4.69, 9.17) is 5.73 Å². The van der Waals surface area contributed by atoms with Gasteiger partial charge in [-0.05, 0) is 44.6 Å². The van der Waals surface area contributed by atoms with Gasteiger partial charge in [0.25, 0.3) is 0 Å². The maximum atomic E-state index is 5.96. The second-order valence-corrected chi connectivity index (χ2v) is 5.99. The first-order valence-corrected chi connectivity index (χ1v) is 7.12. The standard InChI is InChI=1S/C16H26N2/c1-11-4-5-15(9-11)18-16(10-17)14-7-12(2)6-13(3)8-14/h6-8,11,15-16,18H,4-5,9-10,17H2,1-3H3. The molecule has 1 aromatic carbocycles. The lowest BCUT2D eigenvalue weighted by Crippen LogP contribution is -2.35. The number of hydrogen-bond acceptors (Lipinski definition) is 2. The molecule has 1 fully saturated rings. The molecule has 1 aliphatic carbocycles. The first-order chi connectivity index (χ1) is 8.58. The highest BCUT2D eigenvalue weighted by molar-refractivity contribution is 5.31. The quantitative estimate of drug-likeness (QED) is 0.857. The zero-order valence-corrected chi connectivity index (χ0v) is 11.9. The molecule has 100 valence electrons. The zero-order valence-electron chi connectivity index (χ0n) is 11.9. The van der Waals surface area contributed by atoms with Crippen molar-refractivity contribution in [2.24, 2.45) is 11.7 Å². The largest absolute Gasteiger partial charge is 0.329 e. The molecule has 0 aromatic heterocycles. The Morgan fingerprint density at radius 2 is 1.89 bits per heavy atom. The van der Waals surface area contributed by atoms with E-state index in [1.165, 1.54) is 36.0 Å². The summed E-state index contributed by atoms with van der Waals surface area (Å²) >= 11 is 0. The van der Waals surface area contributed by atoms with Crippen LogP contribution in [0, 0.1) is 19.8 Å². The maximum absolute atomic E-state index is 5.96. The summed E-state index contributed by atoms with van der Waals surface area (Å²) in [4.78, 5) is 0. The van der Waals surface area contributed by atoms with Crippen molar-refractivity contribution in [3.05, 3.63) is 34.9 Å². The molecule has 2 nitrogen and oxygen atoms in total. The molecule has 0 saturated heterocycles. The predicted octanol–water partition coefficient (Wildman–Crippen LogP) is 3.08. The fourth-order valence-electron chi connectivity index (χ4n) is 3.15. The number of aryl methyl sites for hydroxylation is 2. The van der Waals surface area contributed by atoms with Gasteiger partial charge >= 0.3 is 0 Å². The van der Waals surface area contributed by atoms with Gasteiger partial charge in [0.15, 0.2) is 0 Å². The Labute approximate surface area is 111 Å². The average Bonchev–Trinajstić information content (AvgIpc) is 2.70. The van der Waals surface area contributed by atoms with Crippen LogP contribution in [0.4, 0.5) is 0 Å². The highest BCUT2D eigenvalue weighted by Crippen LogP contribution is 2.27. The van der Waals surface area contributed by atoms with Crippen LogP contribution in [0.5, 0.6) is 0 Å². The van der Waals surface area contributed by atoms with Crippen molar-refractivity contribution in [3.8, 4) is 0 Å². The summed E-state index contributed by atoms with van der Waals surface area (Å²) in [6.45, 7) is 7.33. The van der Waals surface area contributed by atoms with Crippen LogP contribution in [-0.2, 0) is 0 Å². The average molecular weight is 246 g/mol. The van der Waals surface area contributed by atoms with Crippen LogP contribution in [0.25, 0.3) is 0 Å². The van der Waals surface area contributed by atoms with Crippen molar-refractivity contribution in [3.63, 3.8) is 0 Å². The lowest BCUT2D eigenvalue weighted by molar-refractivity contribution is 0.434. The van der Waals surface area contributed by atoms with E-state index >= 15 is 0 Å². The van der Waals surface area contributed by atoms with E-state index in [1.54, 1.807) is 0 Å². The van der Waals surface area contributed by atoms with Crippen LogP contribution < -0.4 is 11.1 Å². The fraction of sp³-hybridized carbons (Fsp3) is 0.625. The van der Waals surface area contributed by atoms with Gasteiger partial charge in [0.2, 0.25) is 0 Å². The molecule has 3 N–H and O–H groups in total. The Balaban J connectivity index is 2.07. The van der Waals surface area contributed by atoms with E-state index in [1.807, 2.05) is 0 Å². The molecule has 3 atom stereocenters. The third kappa shape index (κ3) is 3.33. The van der Waals surface area contributed by atoms with Crippen LogP contribution in [0.1, 0.15) is 48.9 Å². The van der Waals surface area contributed by atoms with Gasteiger partial charge in [-0.15, -0.1) is 0 Å². The number of rotatable bonds is 4. The Morgan fingerprint density at radius 3 is 2.39 bits per heavy atom. The second-order valence-electron chi connectivity index (χ2n) is 5.99. The molecule has 0 amide bonds. The monoisotopic (exact) mass is 246 g/mol. The van der Waals surface area contributed by atoms with E-state index < -0.39 is 0 Å². The molecule has 0 bridgehead atoms. The lowest BCUT2D eigenvalue weighted by atomic mass is 10.0. The van der Waals surface area contributed by atoms with E-state index in [0.717, 1.165) is 5.92 Å². The van der Waals surface area contributed by atoms with Crippen molar-refractivity contribution in [2.75, 3.05) is 6.54 Å². The molecule has 18 heavy (non-hydrogen) atoms. The van der Waals surface area contributed by atoms with Gasteiger partial charge in [-0.2, -0.15) is 0 Å². The van der Waals surface area contributed by atoms with Gasteiger partial charge in [-0.25, -0.2) is 0 Å². The minimum atomic E-state index is 0.305. The summed E-state index contributed by atoms with van der Waals surface area (Å²) in [6, 6.07) is 7.69. The lowest BCUT2D eigenvalue weighted by Gasteiger charge is -2.23. The van der Waals surface area contributed by atoms with Gasteiger partial charge in [-0.3, -0.25) is 0 Å². The number of nitrogens with one attached hydrogen (secondary N) is 1. The first-order valence-electron chi connectivity index (χ1n) is 7.12. The Bertz CT molecular complexity index is 380. The Kier molecular flexibility index (Phi) is 4.41. The van der Waals surface area contributed by atoms with Gasteiger partial charge < -0.3 is 11.1 Å². The summed E-state index contributed by atoms with van der Waals surface area (Å²) < 4.78 is 0. The minimum absolute atomic E-state index is 0.305. The third-order valence-corrected chi connectivity index (χ3v) is 4.01. The topological polar surface area (TPSA) is 38.0 Å². The van der Waals surface area contributed by atoms with Crippen molar-refractivity contribution < 1.29 is 0 Å². The van der Waals surface area contributed by atoms with E-state index in [9.17, 15) is 0 Å². The smallest absolute Gasteiger partial charge is 0.0446 e. The molecule has 1 aliphatic rings. The Morgan fingerprint density at radius 1 is 1.22 bits per heavy atom. The molecule has 0 heterocycles. The summed E-state index contributed by atoms with van der Waals surface area (Å²) in [5, 5.41) is 3.74. The predicted molar refractivity (Wildman–Crippen MR) is 77.7 cm³/mol. The molecule has 1 aromatic rings. The Hall–Kier alpha value is -0.860. The minimum Gasteiger partial charge on any atom is -0.329 e. The van der Waals surface area contributed by atoms with E-state index in [-0.39, 0.29) is 0 Å². The first kappa shape index (κ1) is 13.6. The van der Waals surface area contributed by atoms with Gasteiger partial charge in [0, 0.05) is 18.6 Å². The van der Waals surface area contributed by atoms with Gasteiger partial charge in [0.1, 0.15) is 0 Å². The van der Waals surface area contributed by atoms with Gasteiger partial charge in [0.05, 0.1) is 0 Å². The molecule has 2 heteroatoms. The highest BCUT2D eigenvalue weighted by Gasteiger charge is 2.23. The van der Waals surface area contributed by atoms with E-state index in [0.29, 0.717) is 18.6 Å². The molecular formula is C16H26N2. The summed E-state index contributed by atoms with van der Waals surface area (Å²) in [5.41, 5.74) is 9.95. The van der Waals surface area contributed by atoms with Crippen LogP contribution in [0.15, 0.2) is 18.2 Å². The summed E-state index contributed by atoms with van der Waals surface area (Å²) in [7, 11) is 0. The SMILES string of the molecule is Cc1cc(C)cc(C(CN)NC2CCC(C)C2)c1. The summed E-state index contributed by atoms with van der Waals surface area (Å²) in [6.07, 6.45) is 3.94. The normalized spacial score (nSPS) is 25.3. The van der Waals surface area contributed by atoms with Crippen molar-refractivity contribution in [2.45, 2.75) is 52.1 Å². The van der Waals surface area contributed by atoms with Crippen LogP contribution >= 0.6 is 0 Å². The molecule has 0 aliphatic heterocycles. The number of nitrogens with two attached hydrogens (primary N) is 1.